The van der Waals surface area contributed by atoms with E-state index in [9.17, 15) is 9.90 Å². The lowest BCUT2D eigenvalue weighted by Gasteiger charge is -2.32. The third kappa shape index (κ3) is 6.19. The molecule has 0 amide bonds. The van der Waals surface area contributed by atoms with Crippen LogP contribution in [0.4, 0.5) is 0 Å². The number of hydrogen-bond acceptors (Lipinski definition) is 3. The van der Waals surface area contributed by atoms with Crippen molar-refractivity contribution in [3.8, 4) is 0 Å². The van der Waals surface area contributed by atoms with Gasteiger partial charge in [-0.2, -0.15) is 11.8 Å². The topological polar surface area (TPSA) is 49.3 Å². The highest BCUT2D eigenvalue weighted by Gasteiger charge is 2.36. The highest BCUT2D eigenvalue weighted by Crippen LogP contribution is 2.32. The molecule has 3 atom stereocenters. The Kier molecular flexibility index (Phi) is 8.10. The molecule has 0 aromatic rings. The Morgan fingerprint density at radius 2 is 2.14 bits per heavy atom. The molecule has 3 unspecified atom stereocenters. The molecule has 1 rings (SSSR count). The molecule has 0 heterocycles. The maximum Gasteiger partial charge on any atom is 0.323 e. The van der Waals surface area contributed by atoms with Crippen LogP contribution in [0.3, 0.4) is 0 Å². The van der Waals surface area contributed by atoms with Crippen LogP contribution in [0.5, 0.6) is 0 Å². The summed E-state index contributed by atoms with van der Waals surface area (Å²) in [6.07, 6.45) is 7.78. The van der Waals surface area contributed by atoms with Crippen molar-refractivity contribution >= 4 is 17.7 Å². The number of carboxylic acids is 1. The van der Waals surface area contributed by atoms with Gasteiger partial charge in [-0.25, -0.2) is 0 Å². The van der Waals surface area contributed by atoms with E-state index in [4.69, 9.17) is 0 Å². The van der Waals surface area contributed by atoms with E-state index in [2.05, 4.69) is 24.0 Å². The molecule has 0 bridgehead atoms. The summed E-state index contributed by atoms with van der Waals surface area (Å²) in [5, 5.41) is 13.7. The van der Waals surface area contributed by atoms with Crippen molar-refractivity contribution in [1.29, 1.82) is 0 Å². The highest BCUT2D eigenvalue weighted by molar-refractivity contribution is 7.99. The van der Waals surface area contributed by atoms with Crippen LogP contribution in [0.2, 0.25) is 0 Å². The summed E-state index contributed by atoms with van der Waals surface area (Å²) in [5.74, 6) is 1.26. The standard InChI is InChI=1S/C17H33NO2S/c1-5-17(16(19)20,18-13(2)3)10-7-11-21-15-9-6-8-14(4)12-15/h13-15,18H,5-12H2,1-4H3,(H,19,20). The first-order valence-electron chi connectivity index (χ1n) is 8.52. The van der Waals surface area contributed by atoms with Crippen molar-refractivity contribution in [3.05, 3.63) is 0 Å². The van der Waals surface area contributed by atoms with Crippen molar-refractivity contribution in [2.45, 2.75) is 89.5 Å². The van der Waals surface area contributed by atoms with Gasteiger partial charge in [0.25, 0.3) is 0 Å². The number of hydrogen-bond donors (Lipinski definition) is 2. The predicted octanol–water partition coefficient (Wildman–Crippen LogP) is 4.31. The van der Waals surface area contributed by atoms with Crippen molar-refractivity contribution in [2.75, 3.05) is 5.75 Å². The number of rotatable bonds is 9. The average Bonchev–Trinajstić information content (AvgIpc) is 2.41. The van der Waals surface area contributed by atoms with Crippen LogP contribution in [-0.2, 0) is 4.79 Å². The van der Waals surface area contributed by atoms with Crippen LogP contribution < -0.4 is 5.32 Å². The predicted molar refractivity (Wildman–Crippen MR) is 92.0 cm³/mol. The summed E-state index contributed by atoms with van der Waals surface area (Å²) in [6.45, 7) is 8.36. The van der Waals surface area contributed by atoms with E-state index in [0.29, 0.717) is 6.42 Å². The van der Waals surface area contributed by atoms with Crippen LogP contribution in [0.1, 0.15) is 72.6 Å². The molecule has 1 fully saturated rings. The third-order valence-electron chi connectivity index (χ3n) is 4.57. The SMILES string of the molecule is CCC(CCCSC1CCCC(C)C1)(NC(C)C)C(=O)O. The minimum Gasteiger partial charge on any atom is -0.480 e. The lowest BCUT2D eigenvalue weighted by Crippen LogP contribution is -2.54. The van der Waals surface area contributed by atoms with Crippen molar-refractivity contribution in [3.63, 3.8) is 0 Å². The fraction of sp³-hybridized carbons (Fsp3) is 0.941. The number of carboxylic acid groups (broad SMARTS) is 1. The van der Waals surface area contributed by atoms with E-state index in [1.54, 1.807) is 0 Å². The van der Waals surface area contributed by atoms with Gasteiger partial charge < -0.3 is 5.11 Å². The molecule has 2 N–H and O–H groups in total. The number of nitrogens with one attached hydrogen (secondary N) is 1. The van der Waals surface area contributed by atoms with E-state index >= 15 is 0 Å². The van der Waals surface area contributed by atoms with Gasteiger partial charge in [0.15, 0.2) is 0 Å². The lowest BCUT2D eigenvalue weighted by atomic mass is 9.90. The Bertz CT molecular complexity index is 322. The number of carbonyl (C=O) groups is 1. The van der Waals surface area contributed by atoms with Crippen molar-refractivity contribution in [1.82, 2.24) is 5.32 Å². The Hall–Kier alpha value is -0.220. The smallest absolute Gasteiger partial charge is 0.323 e. The Balaban J connectivity index is 2.37. The molecule has 1 aliphatic carbocycles. The van der Waals surface area contributed by atoms with Gasteiger partial charge in [-0.1, -0.05) is 26.7 Å². The minimum absolute atomic E-state index is 0.202. The fourth-order valence-electron chi connectivity index (χ4n) is 3.38. The van der Waals surface area contributed by atoms with Crippen LogP contribution in [0.15, 0.2) is 0 Å². The zero-order chi connectivity index (χ0) is 15.9. The van der Waals surface area contributed by atoms with E-state index in [1.165, 1.54) is 25.7 Å². The van der Waals surface area contributed by atoms with E-state index < -0.39 is 11.5 Å². The molecule has 1 aliphatic rings. The van der Waals surface area contributed by atoms with E-state index in [1.807, 2.05) is 20.8 Å². The molecule has 1 saturated carbocycles. The first-order valence-corrected chi connectivity index (χ1v) is 9.57. The quantitative estimate of drug-likeness (QED) is 0.623. The van der Waals surface area contributed by atoms with E-state index in [0.717, 1.165) is 29.8 Å². The van der Waals surface area contributed by atoms with Crippen LogP contribution in [-0.4, -0.2) is 33.7 Å². The Morgan fingerprint density at radius 3 is 2.67 bits per heavy atom. The number of thioether (sulfide) groups is 1. The second-order valence-electron chi connectivity index (χ2n) is 6.91. The van der Waals surface area contributed by atoms with Crippen LogP contribution >= 0.6 is 11.8 Å². The number of aliphatic carboxylic acids is 1. The van der Waals surface area contributed by atoms with Gasteiger partial charge in [0.05, 0.1) is 0 Å². The Morgan fingerprint density at radius 1 is 1.43 bits per heavy atom. The van der Waals surface area contributed by atoms with Gasteiger partial charge in [-0.3, -0.25) is 10.1 Å². The van der Waals surface area contributed by atoms with Crippen LogP contribution in [0.25, 0.3) is 0 Å². The first-order chi connectivity index (χ1) is 9.89. The summed E-state index contributed by atoms with van der Waals surface area (Å²) in [4.78, 5) is 11.7. The monoisotopic (exact) mass is 315 g/mol. The third-order valence-corrected chi connectivity index (χ3v) is 5.99. The molecule has 3 nitrogen and oxygen atoms in total. The summed E-state index contributed by atoms with van der Waals surface area (Å²) in [7, 11) is 0. The molecule has 0 radical (unpaired) electrons. The second kappa shape index (κ2) is 9.04. The molecule has 0 aliphatic heterocycles. The molecule has 0 aromatic heterocycles. The highest BCUT2D eigenvalue weighted by atomic mass is 32.2. The molecule has 21 heavy (non-hydrogen) atoms. The van der Waals surface area contributed by atoms with E-state index in [-0.39, 0.29) is 6.04 Å². The molecule has 124 valence electrons. The summed E-state index contributed by atoms with van der Waals surface area (Å²) in [5.41, 5.74) is -0.741. The second-order valence-corrected chi connectivity index (χ2v) is 8.32. The van der Waals surface area contributed by atoms with Crippen LogP contribution in [0, 0.1) is 5.92 Å². The Labute approximate surface area is 134 Å². The van der Waals surface area contributed by atoms with Crippen molar-refractivity contribution in [2.24, 2.45) is 5.92 Å². The van der Waals surface area contributed by atoms with Gasteiger partial charge >= 0.3 is 5.97 Å². The van der Waals surface area contributed by atoms with Gasteiger partial charge in [0.2, 0.25) is 0 Å². The molecule has 0 spiro atoms. The largest absolute Gasteiger partial charge is 0.480 e. The zero-order valence-electron chi connectivity index (χ0n) is 14.2. The normalized spacial score (nSPS) is 25.8. The van der Waals surface area contributed by atoms with Gasteiger partial charge in [-0.15, -0.1) is 0 Å². The first kappa shape index (κ1) is 18.8. The summed E-state index contributed by atoms with van der Waals surface area (Å²) >= 11 is 2.06. The maximum atomic E-state index is 11.7. The maximum absolute atomic E-state index is 11.7. The summed E-state index contributed by atoms with van der Waals surface area (Å²) < 4.78 is 0. The summed E-state index contributed by atoms with van der Waals surface area (Å²) in [6, 6.07) is 0.202. The molecule has 4 heteroatoms. The molecule has 0 saturated heterocycles. The van der Waals surface area contributed by atoms with Crippen molar-refractivity contribution < 1.29 is 9.90 Å². The van der Waals surface area contributed by atoms with Gasteiger partial charge in [0.1, 0.15) is 5.54 Å². The van der Waals surface area contributed by atoms with Gasteiger partial charge in [0, 0.05) is 11.3 Å². The molecular weight excluding hydrogens is 282 g/mol. The lowest BCUT2D eigenvalue weighted by molar-refractivity contribution is -0.145. The minimum atomic E-state index is -0.741. The van der Waals surface area contributed by atoms with Gasteiger partial charge in [-0.05, 0) is 57.6 Å². The molecular formula is C17H33NO2S. The zero-order valence-corrected chi connectivity index (χ0v) is 15.0. The molecule has 0 aromatic carbocycles. The average molecular weight is 316 g/mol. The fourth-order valence-corrected chi connectivity index (χ4v) is 4.82.